The van der Waals surface area contributed by atoms with Gasteiger partial charge in [0.25, 0.3) is 0 Å². The number of hydrogen-bond acceptors (Lipinski definition) is 9. The van der Waals surface area contributed by atoms with Crippen LogP contribution in [-0.4, -0.2) is 69.7 Å². The summed E-state index contributed by atoms with van der Waals surface area (Å²) >= 11 is 0. The van der Waals surface area contributed by atoms with Gasteiger partial charge in [-0.25, -0.2) is 0 Å². The summed E-state index contributed by atoms with van der Waals surface area (Å²) in [6, 6.07) is 18.8. The fourth-order valence-electron chi connectivity index (χ4n) is 12.3. The Labute approximate surface area is 361 Å². The molecule has 1 aromatic heterocycles. The van der Waals surface area contributed by atoms with Crippen molar-refractivity contribution in [2.45, 2.75) is 145 Å². The van der Waals surface area contributed by atoms with Crippen molar-refractivity contribution in [3.8, 4) is 23.0 Å². The average molecular weight is 836 g/mol. The first-order valence-electron chi connectivity index (χ1n) is 23.0. The van der Waals surface area contributed by atoms with E-state index in [0.29, 0.717) is 35.6 Å². The van der Waals surface area contributed by atoms with Crippen LogP contribution < -0.4 is 15.0 Å². The predicted octanol–water partition coefficient (Wildman–Crippen LogP) is 8.39. The molecule has 1 aliphatic heterocycles. The van der Waals surface area contributed by atoms with E-state index < -0.39 is 36.4 Å². The minimum Gasteiger partial charge on any atom is -0.670 e. The van der Waals surface area contributed by atoms with E-state index in [0.717, 1.165) is 81.0 Å². The first-order valence-corrected chi connectivity index (χ1v) is 23.0. The summed E-state index contributed by atoms with van der Waals surface area (Å²) in [5.41, 5.74) is 5.51. The predicted molar refractivity (Wildman–Crippen MR) is 235 cm³/mol. The second-order valence-corrected chi connectivity index (χ2v) is 18.9. The number of nitrogens with zero attached hydrogens (tertiary/aromatic N) is 1. The Morgan fingerprint density at radius 2 is 1.72 bits per heavy atom. The van der Waals surface area contributed by atoms with Gasteiger partial charge in [0.15, 0.2) is 11.5 Å². The van der Waals surface area contributed by atoms with Crippen LogP contribution in [0.5, 0.6) is 23.0 Å². The minimum absolute atomic E-state index is 0.0144. The maximum Gasteiger partial charge on any atom is 0.201 e. The van der Waals surface area contributed by atoms with Crippen LogP contribution in [0, 0.1) is 17.8 Å². The van der Waals surface area contributed by atoms with Crippen molar-refractivity contribution in [3.63, 3.8) is 0 Å². The molecule has 61 heavy (non-hydrogen) atoms. The minimum atomic E-state index is -0.677. The van der Waals surface area contributed by atoms with Crippen LogP contribution in [0.3, 0.4) is 0 Å². The normalized spacial score (nSPS) is 28.2. The van der Waals surface area contributed by atoms with Gasteiger partial charge in [0.05, 0.1) is 38.1 Å². The molecule has 0 bridgehead atoms. The average Bonchev–Trinajstić information content (AvgIpc) is 3.80. The number of hydrogen-bond donors (Lipinski definition) is 7. The number of benzene rings is 3. The van der Waals surface area contributed by atoms with Gasteiger partial charge >= 0.3 is 0 Å². The van der Waals surface area contributed by atoms with E-state index in [-0.39, 0.29) is 52.9 Å². The van der Waals surface area contributed by atoms with E-state index >= 15 is 0 Å². The van der Waals surface area contributed by atoms with Crippen LogP contribution >= 0.6 is 0 Å². The Balaban J connectivity index is 1.07. The molecule has 10 nitrogen and oxygen atoms in total. The summed E-state index contributed by atoms with van der Waals surface area (Å²) in [5.74, 6) is 0.0682. The Kier molecular flexibility index (Phi) is 13.7. The van der Waals surface area contributed by atoms with Gasteiger partial charge in [-0.3, -0.25) is 0 Å². The molecule has 3 saturated carbocycles. The van der Waals surface area contributed by atoms with Crippen molar-refractivity contribution < 1.29 is 40.1 Å². The van der Waals surface area contributed by atoms with E-state index in [1.54, 1.807) is 12.4 Å². The summed E-state index contributed by atoms with van der Waals surface area (Å²) < 4.78 is 12.6. The summed E-state index contributed by atoms with van der Waals surface area (Å²) in [6.45, 7) is 0.404. The van der Waals surface area contributed by atoms with Crippen LogP contribution in [0.4, 0.5) is 0 Å². The number of phenolic OH excluding ortho intramolecular Hbond substituents is 2. The number of nitrogens with one attached hydrogen (secondary N) is 1. The quantitative estimate of drug-likeness (QED) is 0.0614. The fourth-order valence-corrected chi connectivity index (χ4v) is 12.3. The van der Waals surface area contributed by atoms with Crippen molar-refractivity contribution >= 4 is 0 Å². The Morgan fingerprint density at radius 3 is 2.44 bits per heavy atom. The van der Waals surface area contributed by atoms with Gasteiger partial charge in [0.2, 0.25) is 5.75 Å². The van der Waals surface area contributed by atoms with Crippen LogP contribution in [0.1, 0.15) is 147 Å². The van der Waals surface area contributed by atoms with E-state index in [9.17, 15) is 30.6 Å². The topological polar surface area (TPSA) is 166 Å². The zero-order chi connectivity index (χ0) is 42.7. The number of aromatic nitrogens is 1. The number of aliphatic hydroxyl groups excluding tert-OH is 3. The van der Waals surface area contributed by atoms with E-state index in [1.807, 2.05) is 25.2 Å². The molecule has 3 aromatic carbocycles. The van der Waals surface area contributed by atoms with Gasteiger partial charge in [0.1, 0.15) is 5.75 Å². The Hall–Kier alpha value is -4.06. The third kappa shape index (κ3) is 8.94. The molecule has 10 heteroatoms. The maximum atomic E-state index is 12.4. The van der Waals surface area contributed by atoms with Gasteiger partial charge in [-0.05, 0) is 142 Å². The lowest BCUT2D eigenvalue weighted by Gasteiger charge is -2.46. The van der Waals surface area contributed by atoms with Gasteiger partial charge in [0, 0.05) is 23.5 Å². The number of methoxy groups -OCH3 is 1. The van der Waals surface area contributed by atoms with Crippen LogP contribution in [-0.2, 0) is 23.2 Å². The molecule has 0 amide bonds. The van der Waals surface area contributed by atoms with Crippen LogP contribution in [0.25, 0.3) is 0 Å². The number of aromatic hydroxyl groups is 3. The highest BCUT2D eigenvalue weighted by Crippen LogP contribution is 2.54. The highest BCUT2D eigenvalue weighted by molar-refractivity contribution is 5.64. The Morgan fingerprint density at radius 1 is 0.918 bits per heavy atom. The molecule has 7 N–H and O–H groups in total. The lowest BCUT2D eigenvalue weighted by atomic mass is 9.61. The lowest BCUT2D eigenvalue weighted by molar-refractivity contribution is -0.154. The van der Waals surface area contributed by atoms with Crippen LogP contribution in [0.15, 0.2) is 67.0 Å². The second kappa shape index (κ2) is 19.1. The third-order valence-electron chi connectivity index (χ3n) is 15.5. The van der Waals surface area contributed by atoms with Crippen LogP contribution in [0.2, 0.25) is 0 Å². The zero-order valence-corrected chi connectivity index (χ0v) is 36.0. The maximum absolute atomic E-state index is 12.4. The highest BCUT2D eigenvalue weighted by atomic mass is 16.5. The zero-order valence-electron chi connectivity index (χ0n) is 36.0. The highest BCUT2D eigenvalue weighted by Gasteiger charge is 2.46. The third-order valence-corrected chi connectivity index (χ3v) is 15.5. The van der Waals surface area contributed by atoms with Crippen molar-refractivity contribution in [1.82, 2.24) is 10.3 Å². The molecule has 2 heterocycles. The molecule has 4 aromatic rings. The monoisotopic (exact) mass is 835 g/mol. The SMILES string of the molecule is CNCC[C@@H]1CC[C@@H]([C@H](O)CC2(c3ccccc3)CCCCC2)[C@H](c2cc([C@H]3CC[C@H]4[C@H](C3)O[C@H](c3c(CO)c(O)c(O)c(OC)c3Cc3cc[n-]c3)C[C@@H]4O)ccc2O)C1. The molecule has 9 atom stereocenters. The molecule has 0 unspecified atom stereocenters. The summed E-state index contributed by atoms with van der Waals surface area (Å²) in [6.07, 6.45) is 14.6. The largest absolute Gasteiger partial charge is 0.670 e. The standard InChI is InChI=1S/C51H67N2O8/c1-52-21-17-31-11-14-36(44(57)28-51(19-7-4-8-20-51)35-9-5-3-6-10-35)38(23-31)39-25-33(13-16-42(39)55)34-12-15-37-43(56)27-46(61-45(37)26-34)47-40(24-32-18-22-53-29-32)50(60-2)49(59)48(58)41(47)30-54/h3,5-6,9-10,13,16,18,22,25,29,31,34,36-38,43-46,52,54-59H,4,7-8,11-12,14-15,17,19-21,23-24,26-28,30H2,1-2H3/q-1/t31-,34-,36+,37+,38+,43-,44+,45-,46-/m0/s1. The van der Waals surface area contributed by atoms with Crippen molar-refractivity contribution in [1.29, 1.82) is 0 Å². The lowest BCUT2D eigenvalue weighted by Crippen LogP contribution is -2.44. The van der Waals surface area contributed by atoms with E-state index in [4.69, 9.17) is 9.47 Å². The molecular weight excluding hydrogens is 769 g/mol. The first-order chi connectivity index (χ1) is 29.6. The van der Waals surface area contributed by atoms with E-state index in [1.165, 1.54) is 31.9 Å². The summed E-state index contributed by atoms with van der Waals surface area (Å²) in [4.78, 5) is 4.20. The van der Waals surface area contributed by atoms with Gasteiger partial charge in [-0.1, -0.05) is 73.4 Å². The molecule has 3 aliphatic carbocycles. The number of ether oxygens (including phenoxy) is 2. The molecule has 330 valence electrons. The summed E-state index contributed by atoms with van der Waals surface area (Å²) in [5, 5.41) is 71.9. The number of phenols is 3. The molecule has 1 saturated heterocycles. The smallest absolute Gasteiger partial charge is 0.201 e. The summed E-state index contributed by atoms with van der Waals surface area (Å²) in [7, 11) is 3.43. The molecule has 0 spiro atoms. The van der Waals surface area contributed by atoms with Crippen molar-refractivity contribution in [2.24, 2.45) is 17.8 Å². The molecule has 4 aliphatic rings. The molecule has 0 radical (unpaired) electrons. The molecule has 4 fully saturated rings. The number of rotatable bonds is 14. The molecular formula is C51H67N2O8-. The van der Waals surface area contributed by atoms with Gasteiger partial charge in [-0.2, -0.15) is 12.4 Å². The number of aliphatic hydroxyl groups is 3. The van der Waals surface area contributed by atoms with Gasteiger partial charge < -0.3 is 50.4 Å². The van der Waals surface area contributed by atoms with Gasteiger partial charge in [-0.15, -0.1) is 0 Å². The fraction of sp³-hybridized carbons (Fsp3) is 0.569. The Bertz CT molecular complexity index is 2050. The van der Waals surface area contributed by atoms with Crippen molar-refractivity contribution in [3.05, 3.63) is 106 Å². The second-order valence-electron chi connectivity index (χ2n) is 18.9. The van der Waals surface area contributed by atoms with Crippen molar-refractivity contribution in [2.75, 3.05) is 20.7 Å². The van der Waals surface area contributed by atoms with E-state index in [2.05, 4.69) is 46.7 Å². The first kappa shape index (κ1) is 43.6. The molecule has 8 rings (SSSR count). The number of fused-ring (bicyclic) bond motifs is 1.